The number of methoxy groups -OCH3 is 1. The summed E-state index contributed by atoms with van der Waals surface area (Å²) in [5, 5.41) is 7.05. The third kappa shape index (κ3) is 2.54. The van der Waals surface area contributed by atoms with Crippen LogP contribution < -0.4 is 15.4 Å². The van der Waals surface area contributed by atoms with Gasteiger partial charge in [0.05, 0.1) is 24.5 Å². The highest BCUT2D eigenvalue weighted by Gasteiger charge is 2.31. The molecule has 4 heteroatoms. The van der Waals surface area contributed by atoms with Gasteiger partial charge in [-0.15, -0.1) is 0 Å². The van der Waals surface area contributed by atoms with E-state index in [0.29, 0.717) is 6.42 Å². The van der Waals surface area contributed by atoms with Crippen molar-refractivity contribution in [3.05, 3.63) is 65.4 Å². The molecule has 2 aromatic carbocycles. The molecular weight excluding hydrogens is 300 g/mol. The predicted octanol–water partition coefficient (Wildman–Crippen LogP) is 4.28. The number of Topliss-reactive ketones (excluding diaryl/α,β-unsaturated/α-hetero) is 1. The molecular formula is C20H20N2O2. The normalized spacial score (nSPS) is 19.5. The van der Waals surface area contributed by atoms with Crippen molar-refractivity contribution < 1.29 is 9.53 Å². The van der Waals surface area contributed by atoms with Crippen molar-refractivity contribution in [2.45, 2.75) is 25.3 Å². The lowest BCUT2D eigenvalue weighted by atomic mass is 9.87. The zero-order chi connectivity index (χ0) is 16.5. The van der Waals surface area contributed by atoms with Gasteiger partial charge in [0.1, 0.15) is 5.75 Å². The predicted molar refractivity (Wildman–Crippen MR) is 95.3 cm³/mol. The third-order valence-corrected chi connectivity index (χ3v) is 4.71. The quantitative estimate of drug-likeness (QED) is 0.867. The molecule has 1 heterocycles. The minimum absolute atomic E-state index is 0.144. The van der Waals surface area contributed by atoms with Gasteiger partial charge in [-0.1, -0.05) is 24.3 Å². The molecule has 0 aromatic heterocycles. The van der Waals surface area contributed by atoms with Crippen LogP contribution in [0.5, 0.6) is 5.75 Å². The zero-order valence-electron chi connectivity index (χ0n) is 13.6. The second kappa shape index (κ2) is 6.04. The van der Waals surface area contributed by atoms with Gasteiger partial charge in [0.15, 0.2) is 5.78 Å². The van der Waals surface area contributed by atoms with Gasteiger partial charge < -0.3 is 15.4 Å². The third-order valence-electron chi connectivity index (χ3n) is 4.71. The number of ether oxygens (including phenoxy) is 1. The van der Waals surface area contributed by atoms with Gasteiger partial charge in [-0.05, 0) is 42.7 Å². The average molecular weight is 320 g/mol. The number of anilines is 2. The molecule has 24 heavy (non-hydrogen) atoms. The standard InChI is InChI=1S/C20H20N2O2/c1-24-14-11-9-13(10-12-14)20-19-17(7-4-8-18(19)23)21-15-5-2-3-6-16(15)22-20/h2-3,5-6,9-12,20-22H,4,7-8H2,1H3/t20-/m1/s1. The van der Waals surface area contributed by atoms with Crippen molar-refractivity contribution in [2.75, 3.05) is 17.7 Å². The molecule has 1 atom stereocenters. The molecule has 0 radical (unpaired) electrons. The summed E-state index contributed by atoms with van der Waals surface area (Å²) >= 11 is 0. The van der Waals surface area contributed by atoms with E-state index >= 15 is 0 Å². The molecule has 1 aliphatic carbocycles. The first-order valence-corrected chi connectivity index (χ1v) is 8.29. The largest absolute Gasteiger partial charge is 0.497 e. The fourth-order valence-corrected chi connectivity index (χ4v) is 3.48. The van der Waals surface area contributed by atoms with E-state index in [4.69, 9.17) is 4.74 Å². The van der Waals surface area contributed by atoms with E-state index in [1.807, 2.05) is 48.5 Å². The molecule has 0 bridgehead atoms. The Morgan fingerprint density at radius 3 is 2.50 bits per heavy atom. The highest BCUT2D eigenvalue weighted by Crippen LogP contribution is 2.40. The first-order valence-electron chi connectivity index (χ1n) is 8.29. The van der Waals surface area contributed by atoms with Crippen molar-refractivity contribution in [1.29, 1.82) is 0 Å². The van der Waals surface area contributed by atoms with E-state index in [1.54, 1.807) is 7.11 Å². The van der Waals surface area contributed by atoms with Gasteiger partial charge >= 0.3 is 0 Å². The lowest BCUT2D eigenvalue weighted by molar-refractivity contribution is -0.116. The Bertz CT molecular complexity index is 809. The molecule has 2 N–H and O–H groups in total. The maximum Gasteiger partial charge on any atom is 0.163 e. The van der Waals surface area contributed by atoms with Crippen LogP contribution in [0.2, 0.25) is 0 Å². The van der Waals surface area contributed by atoms with Crippen LogP contribution >= 0.6 is 0 Å². The number of carbonyl (C=O) groups is 1. The van der Waals surface area contributed by atoms with Crippen molar-refractivity contribution in [1.82, 2.24) is 0 Å². The summed E-state index contributed by atoms with van der Waals surface area (Å²) < 4.78 is 5.25. The van der Waals surface area contributed by atoms with Gasteiger partial charge in [-0.2, -0.15) is 0 Å². The first-order chi connectivity index (χ1) is 11.8. The fourth-order valence-electron chi connectivity index (χ4n) is 3.48. The molecule has 0 saturated carbocycles. The Morgan fingerprint density at radius 1 is 1.00 bits per heavy atom. The number of allylic oxidation sites excluding steroid dienone is 1. The Kier molecular flexibility index (Phi) is 3.73. The molecule has 1 aliphatic heterocycles. The molecule has 0 spiro atoms. The van der Waals surface area contributed by atoms with Crippen molar-refractivity contribution >= 4 is 17.2 Å². The van der Waals surface area contributed by atoms with Gasteiger partial charge in [-0.3, -0.25) is 4.79 Å². The Balaban J connectivity index is 1.83. The Labute approximate surface area is 141 Å². The number of carbonyl (C=O) groups excluding carboxylic acids is 1. The maximum atomic E-state index is 12.7. The lowest BCUT2D eigenvalue weighted by Gasteiger charge is -2.25. The SMILES string of the molecule is COc1ccc([C@H]2Nc3ccccc3NC3=C2C(=O)CCC3)cc1. The average Bonchev–Trinajstić information content (AvgIpc) is 2.79. The van der Waals surface area contributed by atoms with Crippen LogP contribution in [0.15, 0.2) is 59.8 Å². The van der Waals surface area contributed by atoms with Crippen LogP contribution in [-0.4, -0.2) is 12.9 Å². The first kappa shape index (κ1) is 14.8. The smallest absolute Gasteiger partial charge is 0.163 e. The number of ketones is 1. The minimum Gasteiger partial charge on any atom is -0.497 e. The van der Waals surface area contributed by atoms with Crippen LogP contribution in [0.25, 0.3) is 0 Å². The van der Waals surface area contributed by atoms with Crippen LogP contribution in [0.4, 0.5) is 11.4 Å². The maximum absolute atomic E-state index is 12.7. The number of fused-ring (bicyclic) bond motifs is 1. The molecule has 4 nitrogen and oxygen atoms in total. The van der Waals surface area contributed by atoms with Gasteiger partial charge in [0.25, 0.3) is 0 Å². The van der Waals surface area contributed by atoms with Crippen LogP contribution in [0, 0.1) is 0 Å². The number of para-hydroxylation sites is 2. The van der Waals surface area contributed by atoms with Gasteiger partial charge in [0, 0.05) is 17.7 Å². The number of hydrogen-bond donors (Lipinski definition) is 2. The summed E-state index contributed by atoms with van der Waals surface area (Å²) in [6.07, 6.45) is 2.43. The molecule has 0 amide bonds. The summed E-state index contributed by atoms with van der Waals surface area (Å²) in [6.45, 7) is 0. The Morgan fingerprint density at radius 2 is 1.75 bits per heavy atom. The van der Waals surface area contributed by atoms with E-state index in [0.717, 1.165) is 46.8 Å². The highest BCUT2D eigenvalue weighted by atomic mass is 16.5. The van der Waals surface area contributed by atoms with Gasteiger partial charge in [0.2, 0.25) is 0 Å². The van der Waals surface area contributed by atoms with Crippen molar-refractivity contribution in [2.24, 2.45) is 0 Å². The topological polar surface area (TPSA) is 50.4 Å². The molecule has 0 saturated heterocycles. The van der Waals surface area contributed by atoms with E-state index in [1.165, 1.54) is 0 Å². The summed E-state index contributed by atoms with van der Waals surface area (Å²) in [6, 6.07) is 15.9. The van der Waals surface area contributed by atoms with E-state index in [-0.39, 0.29) is 11.8 Å². The molecule has 2 aromatic rings. The number of hydrogen-bond acceptors (Lipinski definition) is 4. The van der Waals surface area contributed by atoms with Gasteiger partial charge in [-0.25, -0.2) is 0 Å². The molecule has 4 rings (SSSR count). The summed E-state index contributed by atoms with van der Waals surface area (Å²) in [5.41, 5.74) is 5.01. The van der Waals surface area contributed by atoms with Crippen LogP contribution in [0.3, 0.4) is 0 Å². The molecule has 0 unspecified atom stereocenters. The van der Waals surface area contributed by atoms with E-state index in [2.05, 4.69) is 10.6 Å². The number of benzene rings is 2. The molecule has 122 valence electrons. The van der Waals surface area contributed by atoms with Crippen LogP contribution in [0.1, 0.15) is 30.9 Å². The number of rotatable bonds is 2. The minimum atomic E-state index is -0.144. The highest BCUT2D eigenvalue weighted by molar-refractivity contribution is 6.00. The monoisotopic (exact) mass is 320 g/mol. The molecule has 2 aliphatic rings. The molecule has 0 fully saturated rings. The number of nitrogens with one attached hydrogen (secondary N) is 2. The Hall–Kier alpha value is -2.75. The van der Waals surface area contributed by atoms with Crippen molar-refractivity contribution in [3.8, 4) is 5.75 Å². The van der Waals surface area contributed by atoms with Crippen LogP contribution in [-0.2, 0) is 4.79 Å². The summed E-state index contributed by atoms with van der Waals surface area (Å²) in [5.74, 6) is 1.04. The van der Waals surface area contributed by atoms with E-state index < -0.39 is 0 Å². The summed E-state index contributed by atoms with van der Waals surface area (Å²) in [4.78, 5) is 12.7. The van der Waals surface area contributed by atoms with E-state index in [9.17, 15) is 4.79 Å². The summed E-state index contributed by atoms with van der Waals surface area (Å²) in [7, 11) is 1.66. The zero-order valence-corrected chi connectivity index (χ0v) is 13.6. The fraction of sp³-hybridized carbons (Fsp3) is 0.250. The lowest BCUT2D eigenvalue weighted by Crippen LogP contribution is -2.23. The second-order valence-corrected chi connectivity index (χ2v) is 6.19. The second-order valence-electron chi connectivity index (χ2n) is 6.19. The van der Waals surface area contributed by atoms with Crippen molar-refractivity contribution in [3.63, 3.8) is 0 Å².